The maximum atomic E-state index is 2.31. The molecule has 0 bridgehead atoms. The van der Waals surface area contributed by atoms with Crippen LogP contribution in [0.5, 0.6) is 0 Å². The highest BCUT2D eigenvalue weighted by molar-refractivity contribution is 4.58. The number of hydrogen-bond donors (Lipinski definition) is 0. The molecule has 0 aromatic carbocycles. The number of nitrogens with zero attached hydrogens (tertiary/aromatic N) is 2. The SMILES string of the molecule is CCCCCCCCCCCC[N+]1(CCC[N+](C)(C)C)CC1. The van der Waals surface area contributed by atoms with Gasteiger partial charge in [-0.05, 0) is 12.8 Å². The summed E-state index contributed by atoms with van der Waals surface area (Å²) in [6, 6.07) is 0. The second-order valence-corrected chi connectivity index (χ2v) is 8.79. The minimum absolute atomic E-state index is 1.12. The van der Waals surface area contributed by atoms with Gasteiger partial charge in [0.2, 0.25) is 0 Å². The Bertz CT molecular complexity index is 263. The first-order valence-electron chi connectivity index (χ1n) is 10.1. The molecule has 0 atom stereocenters. The molecule has 1 heterocycles. The Morgan fingerprint density at radius 2 is 1.09 bits per heavy atom. The van der Waals surface area contributed by atoms with Gasteiger partial charge in [-0.3, -0.25) is 0 Å². The van der Waals surface area contributed by atoms with Crippen molar-refractivity contribution in [3.05, 3.63) is 0 Å². The molecule has 1 rings (SSSR count). The Kier molecular flexibility index (Phi) is 9.66. The fourth-order valence-corrected chi connectivity index (χ4v) is 3.52. The number of quaternary nitrogens is 2. The summed E-state index contributed by atoms with van der Waals surface area (Å²) in [5.41, 5.74) is 0. The van der Waals surface area contributed by atoms with E-state index in [0.29, 0.717) is 0 Å². The van der Waals surface area contributed by atoms with Gasteiger partial charge in [-0.2, -0.15) is 0 Å². The van der Waals surface area contributed by atoms with Crippen LogP contribution in [0.4, 0.5) is 0 Å². The summed E-state index contributed by atoms with van der Waals surface area (Å²) in [6.07, 6.45) is 16.0. The molecule has 0 amide bonds. The molecule has 22 heavy (non-hydrogen) atoms. The van der Waals surface area contributed by atoms with Crippen molar-refractivity contribution >= 4 is 0 Å². The molecule has 0 aliphatic carbocycles. The van der Waals surface area contributed by atoms with Gasteiger partial charge < -0.3 is 8.97 Å². The summed E-state index contributed by atoms with van der Waals surface area (Å²) < 4.78 is 2.58. The van der Waals surface area contributed by atoms with Crippen LogP contribution >= 0.6 is 0 Å². The molecule has 0 aromatic heterocycles. The number of unbranched alkanes of at least 4 members (excludes halogenated alkanes) is 9. The van der Waals surface area contributed by atoms with Crippen LogP contribution in [0, 0.1) is 0 Å². The van der Waals surface area contributed by atoms with Crippen LogP contribution < -0.4 is 0 Å². The molecule has 0 aromatic rings. The fourth-order valence-electron chi connectivity index (χ4n) is 3.52. The van der Waals surface area contributed by atoms with Gasteiger partial charge in [-0.15, -0.1) is 0 Å². The lowest BCUT2D eigenvalue weighted by Gasteiger charge is -2.25. The molecule has 2 heteroatoms. The van der Waals surface area contributed by atoms with E-state index in [1.165, 1.54) is 108 Å². The topological polar surface area (TPSA) is 0 Å². The van der Waals surface area contributed by atoms with Crippen molar-refractivity contribution in [2.24, 2.45) is 0 Å². The smallest absolute Gasteiger partial charge is 0.129 e. The minimum Gasteiger partial charge on any atom is -0.331 e. The van der Waals surface area contributed by atoms with Gasteiger partial charge in [0.25, 0.3) is 0 Å². The molecular formula is C20H44N2+2. The van der Waals surface area contributed by atoms with E-state index in [9.17, 15) is 0 Å². The van der Waals surface area contributed by atoms with Crippen molar-refractivity contribution in [3.63, 3.8) is 0 Å². The minimum atomic E-state index is 1.12. The lowest BCUT2D eigenvalue weighted by Crippen LogP contribution is -2.38. The third-order valence-electron chi connectivity index (χ3n) is 5.30. The highest BCUT2D eigenvalue weighted by Gasteiger charge is 2.40. The van der Waals surface area contributed by atoms with Gasteiger partial charge in [-0.1, -0.05) is 58.3 Å². The zero-order chi connectivity index (χ0) is 16.3. The predicted octanol–water partition coefficient (Wildman–Crippen LogP) is 4.83. The molecule has 0 unspecified atom stereocenters. The van der Waals surface area contributed by atoms with Crippen LogP contribution in [-0.2, 0) is 0 Å². The normalized spacial score (nSPS) is 16.9. The fraction of sp³-hybridized carbons (Fsp3) is 1.00. The first-order chi connectivity index (χ1) is 10.5. The van der Waals surface area contributed by atoms with Gasteiger partial charge in [0.1, 0.15) is 13.1 Å². The Hall–Kier alpha value is -0.0800. The molecule has 0 spiro atoms. The Morgan fingerprint density at radius 1 is 0.636 bits per heavy atom. The zero-order valence-electron chi connectivity index (χ0n) is 16.2. The van der Waals surface area contributed by atoms with Gasteiger partial charge >= 0.3 is 0 Å². The summed E-state index contributed by atoms with van der Waals surface area (Å²) >= 11 is 0. The maximum Gasteiger partial charge on any atom is 0.129 e. The molecule has 1 saturated heterocycles. The van der Waals surface area contributed by atoms with Crippen molar-refractivity contribution in [2.75, 3.05) is 53.9 Å². The molecule has 0 N–H and O–H groups in total. The summed E-state index contributed by atoms with van der Waals surface area (Å²) in [6.45, 7) is 9.47. The van der Waals surface area contributed by atoms with Crippen molar-refractivity contribution in [1.82, 2.24) is 0 Å². The molecule has 1 fully saturated rings. The van der Waals surface area contributed by atoms with Gasteiger partial charge in [-0.25, -0.2) is 0 Å². The molecule has 0 radical (unpaired) electrons. The predicted molar refractivity (Wildman–Crippen MR) is 99.1 cm³/mol. The zero-order valence-corrected chi connectivity index (χ0v) is 16.2. The van der Waals surface area contributed by atoms with Crippen LogP contribution in [0.15, 0.2) is 0 Å². The van der Waals surface area contributed by atoms with Crippen molar-refractivity contribution in [3.8, 4) is 0 Å². The highest BCUT2D eigenvalue weighted by Crippen LogP contribution is 2.23. The first-order valence-corrected chi connectivity index (χ1v) is 10.1. The van der Waals surface area contributed by atoms with Crippen molar-refractivity contribution in [2.45, 2.75) is 77.6 Å². The van der Waals surface area contributed by atoms with E-state index in [1.54, 1.807) is 0 Å². The van der Waals surface area contributed by atoms with Crippen molar-refractivity contribution < 1.29 is 8.97 Å². The van der Waals surface area contributed by atoms with Crippen LogP contribution in [0.3, 0.4) is 0 Å². The van der Waals surface area contributed by atoms with Crippen molar-refractivity contribution in [1.29, 1.82) is 0 Å². The van der Waals surface area contributed by atoms with Crippen LogP contribution in [0.1, 0.15) is 77.6 Å². The molecular weight excluding hydrogens is 268 g/mol. The molecule has 2 nitrogen and oxygen atoms in total. The average molecular weight is 313 g/mol. The second-order valence-electron chi connectivity index (χ2n) is 8.79. The van der Waals surface area contributed by atoms with E-state index in [4.69, 9.17) is 0 Å². The van der Waals surface area contributed by atoms with Crippen LogP contribution in [0.2, 0.25) is 0 Å². The number of hydrogen-bond acceptors (Lipinski definition) is 0. The number of rotatable bonds is 15. The van der Waals surface area contributed by atoms with E-state index in [0.717, 1.165) is 4.48 Å². The summed E-state index contributed by atoms with van der Waals surface area (Å²) in [4.78, 5) is 0. The lowest BCUT2D eigenvalue weighted by atomic mass is 10.1. The monoisotopic (exact) mass is 312 g/mol. The largest absolute Gasteiger partial charge is 0.331 e. The Morgan fingerprint density at radius 3 is 1.55 bits per heavy atom. The molecule has 1 aliphatic rings. The Labute approximate surface area is 141 Å². The van der Waals surface area contributed by atoms with E-state index < -0.39 is 0 Å². The molecule has 0 saturated carbocycles. The van der Waals surface area contributed by atoms with E-state index in [-0.39, 0.29) is 0 Å². The third kappa shape index (κ3) is 10.6. The maximum absolute atomic E-state index is 2.31. The average Bonchev–Trinajstić information content (AvgIpc) is 3.20. The van der Waals surface area contributed by atoms with Gasteiger partial charge in [0.05, 0.1) is 40.8 Å². The summed E-state index contributed by atoms with van der Waals surface area (Å²) in [7, 11) is 6.94. The Balaban J connectivity index is 1.88. The standard InChI is InChI=1S/C20H44N2/c1-5-6-7-8-9-10-11-12-13-14-17-22(19-20-22)18-15-16-21(2,3)4/h5-20H2,1-4H3/q+2. The molecule has 1 aliphatic heterocycles. The highest BCUT2D eigenvalue weighted by atomic mass is 15.5. The lowest BCUT2D eigenvalue weighted by molar-refractivity contribution is -0.875. The van der Waals surface area contributed by atoms with E-state index in [2.05, 4.69) is 28.1 Å². The second kappa shape index (κ2) is 10.6. The van der Waals surface area contributed by atoms with Crippen LogP contribution in [0.25, 0.3) is 0 Å². The third-order valence-corrected chi connectivity index (χ3v) is 5.30. The van der Waals surface area contributed by atoms with Crippen LogP contribution in [-0.4, -0.2) is 62.8 Å². The van der Waals surface area contributed by atoms with E-state index in [1.807, 2.05) is 0 Å². The van der Waals surface area contributed by atoms with Gasteiger partial charge in [0.15, 0.2) is 0 Å². The quantitative estimate of drug-likeness (QED) is 0.231. The van der Waals surface area contributed by atoms with Gasteiger partial charge in [0, 0.05) is 6.42 Å². The van der Waals surface area contributed by atoms with E-state index >= 15 is 0 Å². The summed E-state index contributed by atoms with van der Waals surface area (Å²) in [5, 5.41) is 0. The molecule has 132 valence electrons. The first kappa shape index (κ1) is 20.0. The summed E-state index contributed by atoms with van der Waals surface area (Å²) in [5.74, 6) is 0.